The second-order valence-electron chi connectivity index (χ2n) is 2.26. The summed E-state index contributed by atoms with van der Waals surface area (Å²) in [7, 11) is 0. The molecule has 0 fully saturated rings. The fourth-order valence-corrected chi connectivity index (χ4v) is 0.949. The van der Waals surface area contributed by atoms with Gasteiger partial charge in [-0.05, 0) is 12.2 Å². The van der Waals surface area contributed by atoms with Gasteiger partial charge in [-0.25, -0.2) is 9.95 Å². The molecule has 0 radical (unpaired) electrons. The third-order valence-electron chi connectivity index (χ3n) is 1.11. The Morgan fingerprint density at radius 2 is 2.06 bits per heavy atom. The molecule has 0 spiro atoms. The molecule has 18 heavy (non-hydrogen) atoms. The molecular formula is C6H6N6O4S2. The number of H-pyrrole nitrogens is 3. The van der Waals surface area contributed by atoms with E-state index in [-0.39, 0.29) is 9.71 Å². The molecule has 0 saturated heterocycles. The largest absolute Gasteiger partial charge is 0.438 e. The predicted octanol–water partition coefficient (Wildman–Crippen LogP) is -0.0735. The minimum Gasteiger partial charge on any atom is -0.348 e. The molecule has 0 saturated carbocycles. The van der Waals surface area contributed by atoms with Crippen molar-refractivity contribution in [1.82, 2.24) is 29.6 Å². The van der Waals surface area contributed by atoms with Crippen LogP contribution in [0, 0.1) is 4.84 Å². The molecule has 12 heteroatoms. The maximum absolute atomic E-state index is 9.97. The van der Waals surface area contributed by atoms with Crippen LogP contribution in [0.2, 0.25) is 0 Å². The van der Waals surface area contributed by atoms with Crippen molar-refractivity contribution < 1.29 is 9.05 Å². The molecule has 0 amide bonds. The van der Waals surface area contributed by atoms with E-state index in [4.69, 9.17) is 0 Å². The lowest BCUT2D eigenvalue weighted by molar-refractivity contribution is 0.386. The first-order chi connectivity index (χ1) is 8.68. The van der Waals surface area contributed by atoms with E-state index in [0.717, 1.165) is 11.5 Å². The molecule has 0 aromatic carbocycles. The summed E-state index contributed by atoms with van der Waals surface area (Å²) in [5.41, 5.74) is 0. The van der Waals surface area contributed by atoms with Gasteiger partial charge in [-0.2, -0.15) is 9.36 Å². The van der Waals surface area contributed by atoms with Crippen LogP contribution in [-0.4, -0.2) is 29.6 Å². The Bertz CT molecular complexity index is 543. The summed E-state index contributed by atoms with van der Waals surface area (Å²) in [5.74, 6) is -0.519. The third kappa shape index (κ3) is 6.29. The van der Waals surface area contributed by atoms with Crippen molar-refractivity contribution in [3.05, 3.63) is 44.0 Å². The smallest absolute Gasteiger partial charge is 0.348 e. The van der Waals surface area contributed by atoms with Gasteiger partial charge in [0.2, 0.25) is 0 Å². The zero-order valence-electron chi connectivity index (χ0n) is 8.52. The molecule has 3 heterocycles. The first-order valence-corrected chi connectivity index (χ1v) is 5.34. The Morgan fingerprint density at radius 1 is 1.22 bits per heavy atom. The lowest BCUT2D eigenvalue weighted by atomic mass is 11.3. The molecule has 0 bridgehead atoms. The van der Waals surface area contributed by atoms with Crippen LogP contribution in [0.5, 0.6) is 0 Å². The van der Waals surface area contributed by atoms with Gasteiger partial charge in [0.15, 0.2) is 0 Å². The quantitative estimate of drug-likeness (QED) is 0.487. The first-order valence-electron chi connectivity index (χ1n) is 4.16. The molecule has 3 aromatic rings. The van der Waals surface area contributed by atoms with Crippen LogP contribution in [0.1, 0.15) is 0 Å². The summed E-state index contributed by atoms with van der Waals surface area (Å²) in [6.45, 7) is 0. The van der Waals surface area contributed by atoms with Crippen molar-refractivity contribution in [2.45, 2.75) is 0 Å². The molecule has 3 aromatic heterocycles. The monoisotopic (exact) mass is 290 g/mol. The van der Waals surface area contributed by atoms with Gasteiger partial charge in [0, 0.05) is 11.5 Å². The average molecular weight is 290 g/mol. The molecule has 3 N–H and O–H groups in total. The second kappa shape index (κ2) is 7.86. The number of nitrogens with one attached hydrogen (secondary N) is 3. The van der Waals surface area contributed by atoms with Gasteiger partial charge in [-0.15, -0.1) is 0 Å². The minimum atomic E-state index is -0.519. The SMILES string of the molecule is O=c1[nH]cno1.O=c1[nH]cns1.S=c1nc[nH]o1. The minimum absolute atomic E-state index is 0.102. The van der Waals surface area contributed by atoms with Gasteiger partial charge < -0.3 is 9.51 Å². The number of rotatable bonds is 0. The standard InChI is InChI=1S/C2H2N2O2.2C2H2N2OS/c2*5-2-3-1-4-6-2;6-2-3-1-4-5-2/h2*1H,(H,3,4,5);1H,(H,3,4,6). The second-order valence-corrected chi connectivity index (χ2v) is 3.37. The summed E-state index contributed by atoms with van der Waals surface area (Å²) in [6, 6.07) is 0. The van der Waals surface area contributed by atoms with Gasteiger partial charge in [0.1, 0.15) is 19.0 Å². The zero-order chi connectivity index (χ0) is 13.2. The maximum Gasteiger partial charge on any atom is 0.438 e. The summed E-state index contributed by atoms with van der Waals surface area (Å²) in [6.07, 6.45) is 3.94. The van der Waals surface area contributed by atoms with Crippen LogP contribution < -0.4 is 10.6 Å². The summed E-state index contributed by atoms with van der Waals surface area (Å²) >= 11 is 5.35. The third-order valence-corrected chi connectivity index (χ3v) is 1.79. The van der Waals surface area contributed by atoms with Crippen molar-refractivity contribution in [3.63, 3.8) is 0 Å². The van der Waals surface area contributed by atoms with Crippen LogP contribution in [0.4, 0.5) is 0 Å². The topological polar surface area (TPSA) is 146 Å². The molecular weight excluding hydrogens is 284 g/mol. The van der Waals surface area contributed by atoms with Crippen molar-refractivity contribution >= 4 is 23.8 Å². The van der Waals surface area contributed by atoms with Gasteiger partial charge in [0.05, 0.1) is 0 Å². The average Bonchev–Trinajstić information content (AvgIpc) is 3.05. The lowest BCUT2D eigenvalue weighted by Gasteiger charge is -1.53. The number of hydrogen-bond donors (Lipinski definition) is 3. The Morgan fingerprint density at radius 3 is 2.22 bits per heavy atom. The van der Waals surface area contributed by atoms with Gasteiger partial charge in [0.25, 0.3) is 0 Å². The number of nitrogens with zero attached hydrogens (tertiary/aromatic N) is 3. The van der Waals surface area contributed by atoms with Gasteiger partial charge in [-0.1, -0.05) is 5.16 Å². The van der Waals surface area contributed by atoms with E-state index >= 15 is 0 Å². The van der Waals surface area contributed by atoms with E-state index in [1.54, 1.807) is 0 Å². The molecule has 0 unspecified atom stereocenters. The Balaban J connectivity index is 0.000000135. The Hall–Kier alpha value is -2.34. The van der Waals surface area contributed by atoms with Crippen LogP contribution in [0.3, 0.4) is 0 Å². The van der Waals surface area contributed by atoms with E-state index in [1.165, 1.54) is 19.0 Å². The maximum atomic E-state index is 9.97. The molecule has 0 aliphatic heterocycles. The molecule has 10 nitrogen and oxygen atoms in total. The van der Waals surface area contributed by atoms with Crippen molar-refractivity contribution in [1.29, 1.82) is 0 Å². The van der Waals surface area contributed by atoms with E-state index in [0.29, 0.717) is 0 Å². The number of hydrogen-bond acceptors (Lipinski definition) is 9. The van der Waals surface area contributed by atoms with E-state index in [2.05, 4.69) is 50.9 Å². The van der Waals surface area contributed by atoms with Crippen molar-refractivity contribution in [3.8, 4) is 0 Å². The van der Waals surface area contributed by atoms with E-state index in [1.807, 2.05) is 0 Å². The van der Waals surface area contributed by atoms with Gasteiger partial charge in [-0.3, -0.25) is 14.3 Å². The first kappa shape index (κ1) is 13.7. The number of aromatic amines is 3. The summed E-state index contributed by atoms with van der Waals surface area (Å²) in [4.78, 5) is 27.9. The van der Waals surface area contributed by atoms with Crippen LogP contribution in [0.25, 0.3) is 0 Å². The van der Waals surface area contributed by atoms with E-state index < -0.39 is 5.76 Å². The highest BCUT2D eigenvalue weighted by Crippen LogP contribution is 1.74. The molecule has 3 rings (SSSR count). The highest BCUT2D eigenvalue weighted by atomic mass is 32.1. The zero-order valence-corrected chi connectivity index (χ0v) is 10.2. The highest BCUT2D eigenvalue weighted by molar-refractivity contribution is 7.71. The van der Waals surface area contributed by atoms with Crippen molar-refractivity contribution in [2.75, 3.05) is 0 Å². The molecule has 96 valence electrons. The normalized spacial score (nSPS) is 8.67. The van der Waals surface area contributed by atoms with Crippen LogP contribution in [-0.2, 0) is 0 Å². The summed E-state index contributed by atoms with van der Waals surface area (Å²) < 4.78 is 11.9. The fourth-order valence-electron chi connectivity index (χ4n) is 0.541. The highest BCUT2D eigenvalue weighted by Gasteiger charge is 1.75. The Labute approximate surface area is 107 Å². The van der Waals surface area contributed by atoms with E-state index in [9.17, 15) is 9.59 Å². The van der Waals surface area contributed by atoms with Crippen LogP contribution >= 0.6 is 23.8 Å². The van der Waals surface area contributed by atoms with Crippen molar-refractivity contribution in [2.24, 2.45) is 0 Å². The molecule has 0 aliphatic rings. The van der Waals surface area contributed by atoms with Crippen LogP contribution in [0.15, 0.2) is 37.6 Å². The summed E-state index contributed by atoms with van der Waals surface area (Å²) in [5, 5.41) is 5.42. The molecule has 0 atom stereocenters. The van der Waals surface area contributed by atoms with Gasteiger partial charge >= 0.3 is 15.5 Å². The predicted molar refractivity (Wildman–Crippen MR) is 61.5 cm³/mol. The molecule has 0 aliphatic carbocycles. The number of aromatic nitrogens is 6. The Kier molecular flexibility index (Phi) is 5.99. The lowest BCUT2D eigenvalue weighted by Crippen LogP contribution is -1.92. The fraction of sp³-hybridized carbons (Fsp3) is 0.